The summed E-state index contributed by atoms with van der Waals surface area (Å²) in [6.45, 7) is 0.900. The summed E-state index contributed by atoms with van der Waals surface area (Å²) in [5, 5.41) is 2.58. The maximum absolute atomic E-state index is 2.36. The molecule has 4 rings (SSSR count). The second kappa shape index (κ2) is 4.27. The van der Waals surface area contributed by atoms with Crippen LogP contribution in [0.15, 0.2) is 66.7 Å². The van der Waals surface area contributed by atoms with Gasteiger partial charge in [0.05, 0.1) is 18.0 Å². The molecule has 0 radical (unpaired) electrons. The summed E-state index contributed by atoms with van der Waals surface area (Å²) >= 11 is 0. The van der Waals surface area contributed by atoms with Crippen molar-refractivity contribution in [2.24, 2.45) is 0 Å². The first-order valence-corrected chi connectivity index (χ1v) is 6.89. The average molecular weight is 260 g/mol. The number of para-hydroxylation sites is 2. The third kappa shape index (κ3) is 1.65. The highest BCUT2D eigenvalue weighted by Gasteiger charge is 2.23. The van der Waals surface area contributed by atoms with Crippen molar-refractivity contribution in [1.82, 2.24) is 0 Å². The van der Waals surface area contributed by atoms with Gasteiger partial charge < -0.3 is 9.80 Å². The number of benzene rings is 3. The van der Waals surface area contributed by atoms with Gasteiger partial charge in [-0.2, -0.15) is 0 Å². The van der Waals surface area contributed by atoms with Gasteiger partial charge in [-0.25, -0.2) is 0 Å². The van der Waals surface area contributed by atoms with Gasteiger partial charge in [0.25, 0.3) is 0 Å². The van der Waals surface area contributed by atoms with Crippen LogP contribution in [-0.2, 0) is 0 Å². The van der Waals surface area contributed by atoms with Gasteiger partial charge in [0, 0.05) is 12.7 Å². The fraction of sp³-hybridized carbons (Fsp3) is 0.111. The molecule has 1 aliphatic heterocycles. The van der Waals surface area contributed by atoms with Crippen LogP contribution in [-0.4, -0.2) is 13.7 Å². The van der Waals surface area contributed by atoms with E-state index in [1.54, 1.807) is 0 Å². The van der Waals surface area contributed by atoms with E-state index in [0.29, 0.717) is 0 Å². The smallest absolute Gasteiger partial charge is 0.0950 e. The van der Waals surface area contributed by atoms with Crippen LogP contribution < -0.4 is 9.80 Å². The van der Waals surface area contributed by atoms with Gasteiger partial charge in [0.1, 0.15) is 0 Å². The Morgan fingerprint density at radius 2 is 1.45 bits per heavy atom. The molecule has 1 aliphatic rings. The first-order valence-electron chi connectivity index (χ1n) is 6.89. The molecule has 1 heterocycles. The molecular formula is C18H16N2. The van der Waals surface area contributed by atoms with Crippen molar-refractivity contribution < 1.29 is 0 Å². The summed E-state index contributed by atoms with van der Waals surface area (Å²) in [7, 11) is 2.14. The molecule has 0 aliphatic carbocycles. The molecule has 20 heavy (non-hydrogen) atoms. The van der Waals surface area contributed by atoms with Crippen LogP contribution in [0.4, 0.5) is 17.1 Å². The molecule has 0 amide bonds. The highest BCUT2D eigenvalue weighted by Crippen LogP contribution is 2.39. The summed E-state index contributed by atoms with van der Waals surface area (Å²) in [5.41, 5.74) is 3.83. The van der Waals surface area contributed by atoms with Crippen molar-refractivity contribution in [3.8, 4) is 0 Å². The molecule has 2 heteroatoms. The third-order valence-corrected chi connectivity index (χ3v) is 3.98. The van der Waals surface area contributed by atoms with Gasteiger partial charge >= 0.3 is 0 Å². The normalized spacial score (nSPS) is 13.8. The fourth-order valence-corrected chi connectivity index (χ4v) is 2.95. The highest BCUT2D eigenvalue weighted by atomic mass is 15.4. The quantitative estimate of drug-likeness (QED) is 0.640. The fourth-order valence-electron chi connectivity index (χ4n) is 2.95. The van der Waals surface area contributed by atoms with E-state index in [2.05, 4.69) is 83.6 Å². The van der Waals surface area contributed by atoms with E-state index in [0.717, 1.165) is 6.67 Å². The predicted molar refractivity (Wildman–Crippen MR) is 85.8 cm³/mol. The van der Waals surface area contributed by atoms with Crippen molar-refractivity contribution >= 4 is 27.8 Å². The van der Waals surface area contributed by atoms with Gasteiger partial charge in [-0.1, -0.05) is 42.5 Å². The standard InChI is InChI=1S/C18H16N2/c1-19-13-20(18-9-5-4-8-17(18)19)16-11-10-14-6-2-3-7-15(14)12-16/h2-12H,13H2,1H3. The zero-order valence-corrected chi connectivity index (χ0v) is 11.5. The lowest BCUT2D eigenvalue weighted by molar-refractivity contribution is 0.950. The summed E-state index contributed by atoms with van der Waals surface area (Å²) in [6.07, 6.45) is 0. The lowest BCUT2D eigenvalue weighted by Crippen LogP contribution is -2.23. The largest absolute Gasteiger partial charge is 0.355 e. The molecule has 98 valence electrons. The van der Waals surface area contributed by atoms with E-state index in [-0.39, 0.29) is 0 Å². The van der Waals surface area contributed by atoms with Crippen LogP contribution in [0.25, 0.3) is 10.8 Å². The molecular weight excluding hydrogens is 244 g/mol. The van der Waals surface area contributed by atoms with E-state index < -0.39 is 0 Å². The van der Waals surface area contributed by atoms with Crippen LogP contribution in [0.1, 0.15) is 0 Å². The molecule has 0 saturated carbocycles. The molecule has 0 atom stereocenters. The molecule has 0 spiro atoms. The van der Waals surface area contributed by atoms with E-state index >= 15 is 0 Å². The van der Waals surface area contributed by atoms with E-state index in [1.165, 1.54) is 27.8 Å². The van der Waals surface area contributed by atoms with E-state index in [9.17, 15) is 0 Å². The average Bonchev–Trinajstić information content (AvgIpc) is 2.85. The lowest BCUT2D eigenvalue weighted by Gasteiger charge is -2.20. The van der Waals surface area contributed by atoms with Gasteiger partial charge in [-0.3, -0.25) is 0 Å². The van der Waals surface area contributed by atoms with Crippen molar-refractivity contribution in [3.05, 3.63) is 66.7 Å². The molecule has 0 saturated heterocycles. The van der Waals surface area contributed by atoms with Crippen molar-refractivity contribution in [2.45, 2.75) is 0 Å². The Morgan fingerprint density at radius 1 is 0.750 bits per heavy atom. The van der Waals surface area contributed by atoms with Crippen LogP contribution >= 0.6 is 0 Å². The topological polar surface area (TPSA) is 6.48 Å². The maximum Gasteiger partial charge on any atom is 0.0950 e. The Labute approximate surface area is 118 Å². The SMILES string of the molecule is CN1CN(c2ccc3ccccc3c2)c2ccccc21. The third-order valence-electron chi connectivity index (χ3n) is 3.98. The Morgan fingerprint density at radius 3 is 2.30 bits per heavy atom. The Bertz CT molecular complexity index is 779. The number of anilines is 3. The van der Waals surface area contributed by atoms with Crippen molar-refractivity contribution in [3.63, 3.8) is 0 Å². The van der Waals surface area contributed by atoms with E-state index in [4.69, 9.17) is 0 Å². The summed E-state index contributed by atoms with van der Waals surface area (Å²) < 4.78 is 0. The molecule has 0 fully saturated rings. The maximum atomic E-state index is 2.36. The predicted octanol–water partition coefficient (Wildman–Crippen LogP) is 4.39. The van der Waals surface area contributed by atoms with Crippen LogP contribution in [0.5, 0.6) is 0 Å². The van der Waals surface area contributed by atoms with Crippen molar-refractivity contribution in [2.75, 3.05) is 23.5 Å². The number of fused-ring (bicyclic) bond motifs is 2. The first-order chi connectivity index (χ1) is 9.83. The molecule has 0 aromatic heterocycles. The summed E-state index contributed by atoms with van der Waals surface area (Å²) in [6, 6.07) is 23.7. The lowest BCUT2D eigenvalue weighted by atomic mass is 10.1. The second-order valence-electron chi connectivity index (χ2n) is 5.29. The zero-order valence-electron chi connectivity index (χ0n) is 11.5. The van der Waals surface area contributed by atoms with Crippen LogP contribution in [0.2, 0.25) is 0 Å². The van der Waals surface area contributed by atoms with Gasteiger partial charge in [0.15, 0.2) is 0 Å². The zero-order chi connectivity index (χ0) is 13.5. The van der Waals surface area contributed by atoms with Gasteiger partial charge in [0.2, 0.25) is 0 Å². The first kappa shape index (κ1) is 11.4. The number of hydrogen-bond donors (Lipinski definition) is 0. The van der Waals surface area contributed by atoms with Crippen LogP contribution in [0, 0.1) is 0 Å². The van der Waals surface area contributed by atoms with Crippen LogP contribution in [0.3, 0.4) is 0 Å². The molecule has 0 unspecified atom stereocenters. The molecule has 3 aromatic carbocycles. The Balaban J connectivity index is 1.84. The van der Waals surface area contributed by atoms with E-state index in [1.807, 2.05) is 0 Å². The van der Waals surface area contributed by atoms with Gasteiger partial charge in [-0.15, -0.1) is 0 Å². The Kier molecular flexibility index (Phi) is 2.43. The van der Waals surface area contributed by atoms with Gasteiger partial charge in [-0.05, 0) is 35.0 Å². The summed E-state index contributed by atoms with van der Waals surface area (Å²) in [5.74, 6) is 0. The minimum atomic E-state index is 0.900. The number of hydrogen-bond acceptors (Lipinski definition) is 2. The molecule has 0 bridgehead atoms. The number of nitrogens with zero attached hydrogens (tertiary/aromatic N) is 2. The highest BCUT2D eigenvalue weighted by molar-refractivity contribution is 5.89. The monoisotopic (exact) mass is 260 g/mol. The van der Waals surface area contributed by atoms with Crippen molar-refractivity contribution in [1.29, 1.82) is 0 Å². The summed E-state index contributed by atoms with van der Waals surface area (Å²) in [4.78, 5) is 4.65. The number of rotatable bonds is 1. The minimum Gasteiger partial charge on any atom is -0.355 e. The minimum absolute atomic E-state index is 0.900. The Hall–Kier alpha value is -2.48. The molecule has 3 aromatic rings. The molecule has 0 N–H and O–H groups in total. The molecule has 2 nitrogen and oxygen atoms in total. The second-order valence-corrected chi connectivity index (χ2v) is 5.29.